The lowest BCUT2D eigenvalue weighted by molar-refractivity contribution is -0.191. The monoisotopic (exact) mass is 534 g/mol. The van der Waals surface area contributed by atoms with Gasteiger partial charge in [0.25, 0.3) is 0 Å². The number of aliphatic hydroxyl groups excluding tert-OH is 6. The van der Waals surface area contributed by atoms with Crippen LogP contribution in [0.1, 0.15) is 23.3 Å². The quantitative estimate of drug-likeness (QED) is 0.194. The van der Waals surface area contributed by atoms with Gasteiger partial charge in [0.2, 0.25) is 0 Å². The predicted molar refractivity (Wildman–Crippen MR) is 126 cm³/mol. The first kappa shape index (κ1) is 26.3. The molecule has 0 spiro atoms. The number of phenolic OH excluding ortho intramolecular Hbond substituents is 3. The number of hydrogen-bond donors (Lipinski definition) is 9. The largest absolute Gasteiger partial charge is 0.508 e. The molecule has 13 heteroatoms. The lowest BCUT2D eigenvalue weighted by Crippen LogP contribution is -2.49. The van der Waals surface area contributed by atoms with Crippen LogP contribution in [-0.2, 0) is 9.47 Å². The number of aliphatic hydroxyl groups is 6. The van der Waals surface area contributed by atoms with Crippen LogP contribution >= 0.6 is 0 Å². The Balaban J connectivity index is 1.80. The number of benzene rings is 2. The summed E-state index contributed by atoms with van der Waals surface area (Å²) in [5.41, 5.74) is -1.86. The average Bonchev–Trinajstić information content (AvgIpc) is 2.88. The van der Waals surface area contributed by atoms with Gasteiger partial charge in [0, 0.05) is 11.6 Å². The van der Waals surface area contributed by atoms with Crippen molar-refractivity contribution in [1.29, 1.82) is 0 Å². The van der Waals surface area contributed by atoms with E-state index < -0.39 is 101 Å². The van der Waals surface area contributed by atoms with Crippen LogP contribution in [0.25, 0.3) is 22.3 Å². The van der Waals surface area contributed by atoms with E-state index >= 15 is 0 Å². The summed E-state index contributed by atoms with van der Waals surface area (Å²) in [4.78, 5) is 13.3. The minimum atomic E-state index is -1.85. The van der Waals surface area contributed by atoms with E-state index in [0.29, 0.717) is 5.56 Å². The van der Waals surface area contributed by atoms with Crippen LogP contribution in [-0.4, -0.2) is 95.8 Å². The van der Waals surface area contributed by atoms with Gasteiger partial charge in [-0.3, -0.25) is 4.79 Å². The van der Waals surface area contributed by atoms with Crippen molar-refractivity contribution in [3.8, 4) is 28.6 Å². The number of aromatic hydroxyl groups is 3. The molecule has 0 saturated carbocycles. The maximum atomic E-state index is 13.3. The lowest BCUT2D eigenvalue weighted by atomic mass is 9.87. The molecule has 2 aromatic carbocycles. The fraction of sp³-hybridized carbons (Fsp3) is 0.400. The Morgan fingerprint density at radius 2 is 1.21 bits per heavy atom. The molecule has 0 unspecified atom stereocenters. The van der Waals surface area contributed by atoms with Crippen molar-refractivity contribution in [3.63, 3.8) is 0 Å². The Kier molecular flexibility index (Phi) is 6.79. The number of hydrogen-bond acceptors (Lipinski definition) is 13. The van der Waals surface area contributed by atoms with Gasteiger partial charge in [-0.25, -0.2) is 0 Å². The second-order valence-electron chi connectivity index (χ2n) is 9.36. The summed E-state index contributed by atoms with van der Waals surface area (Å²) in [7, 11) is 0. The van der Waals surface area contributed by atoms with Crippen LogP contribution in [0.3, 0.4) is 0 Å². The van der Waals surface area contributed by atoms with Gasteiger partial charge in [-0.2, -0.15) is 0 Å². The fourth-order valence-electron chi connectivity index (χ4n) is 4.83. The molecule has 38 heavy (non-hydrogen) atoms. The highest BCUT2D eigenvalue weighted by atomic mass is 16.5. The molecule has 13 nitrogen and oxygen atoms in total. The summed E-state index contributed by atoms with van der Waals surface area (Å²) in [5, 5.41) is 93.1. The fourth-order valence-corrected chi connectivity index (χ4v) is 4.83. The normalized spacial score (nSPS) is 31.9. The Labute approximate surface area is 213 Å². The topological polar surface area (TPSA) is 231 Å². The number of fused-ring (bicyclic) bond motifs is 1. The molecule has 2 aliphatic heterocycles. The van der Waals surface area contributed by atoms with Crippen molar-refractivity contribution in [2.45, 2.75) is 48.8 Å². The molecule has 5 rings (SSSR count). The van der Waals surface area contributed by atoms with E-state index in [1.54, 1.807) is 0 Å². The Morgan fingerprint density at radius 1 is 0.684 bits per heavy atom. The van der Waals surface area contributed by atoms with Gasteiger partial charge in [-0.05, 0) is 24.3 Å². The molecule has 9 N–H and O–H groups in total. The van der Waals surface area contributed by atoms with E-state index in [4.69, 9.17) is 13.9 Å². The first-order valence-electron chi connectivity index (χ1n) is 11.7. The summed E-state index contributed by atoms with van der Waals surface area (Å²) in [5.74, 6) is -1.80. The average molecular weight is 534 g/mol. The molecule has 2 saturated heterocycles. The summed E-state index contributed by atoms with van der Waals surface area (Å²) >= 11 is 0. The van der Waals surface area contributed by atoms with E-state index in [-0.39, 0.29) is 11.5 Å². The third-order valence-corrected chi connectivity index (χ3v) is 6.92. The number of ether oxygens (including phenoxy) is 2. The molecular weight excluding hydrogens is 508 g/mol. The molecule has 0 radical (unpaired) electrons. The SMILES string of the molecule is O=c1cc(-c2ccc(O)cc2)oc2c([C@@H]3OC[C@@H](O)[C@H](O)[C@H]3O)c(O)c([C@H]3OC[C@H](O)[C@H](O)[C@H]3O)c(O)c12. The van der Waals surface area contributed by atoms with Crippen LogP contribution in [0.15, 0.2) is 39.5 Å². The van der Waals surface area contributed by atoms with E-state index in [9.17, 15) is 50.8 Å². The Hall–Kier alpha value is -3.27. The van der Waals surface area contributed by atoms with E-state index in [1.807, 2.05) is 0 Å². The van der Waals surface area contributed by atoms with Crippen LogP contribution in [0, 0.1) is 0 Å². The maximum absolute atomic E-state index is 13.3. The smallest absolute Gasteiger partial charge is 0.197 e. The molecule has 0 amide bonds. The molecule has 2 fully saturated rings. The molecule has 3 heterocycles. The van der Waals surface area contributed by atoms with Gasteiger partial charge in [-0.1, -0.05) is 0 Å². The van der Waals surface area contributed by atoms with Crippen LogP contribution in [0.5, 0.6) is 17.2 Å². The molecule has 204 valence electrons. The van der Waals surface area contributed by atoms with Crippen molar-refractivity contribution >= 4 is 11.0 Å². The van der Waals surface area contributed by atoms with Gasteiger partial charge >= 0.3 is 0 Å². The van der Waals surface area contributed by atoms with Crippen LogP contribution in [0.4, 0.5) is 0 Å². The van der Waals surface area contributed by atoms with Gasteiger partial charge < -0.3 is 59.8 Å². The zero-order valence-electron chi connectivity index (χ0n) is 19.6. The standard InChI is InChI=1S/C25H26O13/c26-9-3-1-8(2-4-9)13-5-10(27)14-19(32)15(24-21(34)17(30)11(28)6-36-24)20(33)16(23(14)38-13)25-22(35)18(31)12(29)7-37-25/h1-5,11-12,17-18,21-22,24-26,28-35H,6-7H2/t11-,12+,17-,18-,21+,22+,24+,25-/m0/s1. The molecule has 3 aromatic rings. The molecule has 0 bridgehead atoms. The molecule has 0 aliphatic carbocycles. The van der Waals surface area contributed by atoms with E-state index in [0.717, 1.165) is 6.07 Å². The summed E-state index contributed by atoms with van der Waals surface area (Å²) in [6.07, 6.45) is -13.3. The van der Waals surface area contributed by atoms with Crippen LogP contribution in [0.2, 0.25) is 0 Å². The summed E-state index contributed by atoms with van der Waals surface area (Å²) in [6, 6.07) is 6.60. The van der Waals surface area contributed by atoms with Crippen LogP contribution < -0.4 is 5.43 Å². The highest BCUT2D eigenvalue weighted by molar-refractivity contribution is 5.91. The Morgan fingerprint density at radius 3 is 1.76 bits per heavy atom. The molecular formula is C25H26O13. The number of rotatable bonds is 3. The van der Waals surface area contributed by atoms with Crippen molar-refractivity contribution in [1.82, 2.24) is 0 Å². The third-order valence-electron chi connectivity index (χ3n) is 6.92. The predicted octanol–water partition coefficient (Wildman–Crippen LogP) is -1.12. The van der Waals surface area contributed by atoms with Crippen molar-refractivity contribution in [2.24, 2.45) is 0 Å². The second kappa shape index (κ2) is 9.80. The van der Waals surface area contributed by atoms with Gasteiger partial charge in [-0.15, -0.1) is 0 Å². The van der Waals surface area contributed by atoms with E-state index in [2.05, 4.69) is 0 Å². The highest BCUT2D eigenvalue weighted by Crippen LogP contribution is 2.50. The molecule has 8 atom stereocenters. The van der Waals surface area contributed by atoms with Gasteiger partial charge in [0.1, 0.15) is 77.2 Å². The minimum Gasteiger partial charge on any atom is -0.508 e. The third kappa shape index (κ3) is 4.19. The zero-order valence-corrected chi connectivity index (χ0v) is 19.6. The minimum absolute atomic E-state index is 0.0475. The molecule has 1 aromatic heterocycles. The first-order chi connectivity index (χ1) is 18.0. The van der Waals surface area contributed by atoms with Crippen molar-refractivity contribution in [3.05, 3.63) is 51.7 Å². The number of phenols is 3. The highest BCUT2D eigenvalue weighted by Gasteiger charge is 2.46. The zero-order chi connectivity index (χ0) is 27.5. The van der Waals surface area contributed by atoms with E-state index in [1.165, 1.54) is 24.3 Å². The Bertz CT molecular complexity index is 1400. The molecule has 2 aliphatic rings. The lowest BCUT2D eigenvalue weighted by Gasteiger charge is -2.38. The first-order valence-corrected chi connectivity index (χ1v) is 11.7. The summed E-state index contributed by atoms with van der Waals surface area (Å²) in [6.45, 7) is -0.966. The summed E-state index contributed by atoms with van der Waals surface area (Å²) < 4.78 is 16.8. The van der Waals surface area contributed by atoms with Crippen molar-refractivity contribution < 1.29 is 59.8 Å². The maximum Gasteiger partial charge on any atom is 0.197 e. The second-order valence-corrected chi connectivity index (χ2v) is 9.36. The van der Waals surface area contributed by atoms with Gasteiger partial charge in [0.15, 0.2) is 11.0 Å². The van der Waals surface area contributed by atoms with Crippen molar-refractivity contribution in [2.75, 3.05) is 13.2 Å². The van der Waals surface area contributed by atoms with Gasteiger partial charge in [0.05, 0.1) is 24.3 Å².